The van der Waals surface area contributed by atoms with Gasteiger partial charge in [-0.3, -0.25) is 0 Å². The van der Waals surface area contributed by atoms with Crippen LogP contribution < -0.4 is 0 Å². The summed E-state index contributed by atoms with van der Waals surface area (Å²) in [5.74, 6) is -0.130. The Kier molecular flexibility index (Phi) is 2.28. The smallest absolute Gasteiger partial charge is 0.121 e. The molecule has 0 fully saturated rings. The van der Waals surface area contributed by atoms with Crippen LogP contribution in [0.4, 0.5) is 4.39 Å². The molecule has 0 saturated heterocycles. The Balaban J connectivity index is 2.88. The van der Waals surface area contributed by atoms with Crippen LogP contribution in [-0.4, -0.2) is 0 Å². The molecule has 0 aromatic carbocycles. The molecular weight excluding hydrogens is 151 g/mol. The van der Waals surface area contributed by atoms with Gasteiger partial charge in [-0.05, 0) is 24.1 Å². The van der Waals surface area contributed by atoms with Crippen LogP contribution in [0.2, 0.25) is 0 Å². The van der Waals surface area contributed by atoms with Gasteiger partial charge in [0.1, 0.15) is 5.83 Å². The first-order chi connectivity index (χ1) is 4.68. The van der Waals surface area contributed by atoms with Gasteiger partial charge in [0.05, 0.1) is 0 Å². The standard InChI is InChI=1S/C8H8ClF/c1-6-2-3-7(9)5-8(10)4-6/h2-6H,1H3. The molecule has 1 unspecified atom stereocenters. The molecule has 0 heterocycles. The summed E-state index contributed by atoms with van der Waals surface area (Å²) in [5.41, 5.74) is 0. The molecule has 0 spiro atoms. The van der Waals surface area contributed by atoms with E-state index >= 15 is 0 Å². The molecule has 10 heavy (non-hydrogen) atoms. The fourth-order valence-corrected chi connectivity index (χ4v) is 0.955. The van der Waals surface area contributed by atoms with Crippen LogP contribution in [0.25, 0.3) is 0 Å². The van der Waals surface area contributed by atoms with Crippen LogP contribution in [0, 0.1) is 5.92 Å². The molecule has 2 heteroatoms. The second-order valence-electron chi connectivity index (χ2n) is 2.30. The average molecular weight is 159 g/mol. The zero-order chi connectivity index (χ0) is 7.56. The van der Waals surface area contributed by atoms with Gasteiger partial charge in [-0.1, -0.05) is 24.6 Å². The van der Waals surface area contributed by atoms with Crippen molar-refractivity contribution in [3.8, 4) is 0 Å². The number of allylic oxidation sites excluding steroid dienone is 6. The molecule has 1 aliphatic rings. The fourth-order valence-electron chi connectivity index (χ4n) is 0.778. The van der Waals surface area contributed by atoms with E-state index in [2.05, 4.69) is 0 Å². The highest BCUT2D eigenvalue weighted by atomic mass is 35.5. The molecule has 0 aliphatic heterocycles. The van der Waals surface area contributed by atoms with E-state index in [4.69, 9.17) is 11.6 Å². The fraction of sp³-hybridized carbons (Fsp3) is 0.250. The van der Waals surface area contributed by atoms with Gasteiger partial charge < -0.3 is 0 Å². The van der Waals surface area contributed by atoms with E-state index in [-0.39, 0.29) is 11.7 Å². The minimum Gasteiger partial charge on any atom is -0.207 e. The summed E-state index contributed by atoms with van der Waals surface area (Å²) in [5, 5.41) is 0.443. The van der Waals surface area contributed by atoms with Crippen molar-refractivity contribution in [2.75, 3.05) is 0 Å². The van der Waals surface area contributed by atoms with Crippen LogP contribution >= 0.6 is 11.6 Å². The maximum Gasteiger partial charge on any atom is 0.121 e. The number of hydrogen-bond acceptors (Lipinski definition) is 0. The molecule has 1 rings (SSSR count). The molecule has 0 saturated carbocycles. The summed E-state index contributed by atoms with van der Waals surface area (Å²) in [6, 6.07) is 0. The highest BCUT2D eigenvalue weighted by Gasteiger charge is 2.00. The van der Waals surface area contributed by atoms with E-state index < -0.39 is 0 Å². The third-order valence-electron chi connectivity index (χ3n) is 1.26. The van der Waals surface area contributed by atoms with E-state index in [1.807, 2.05) is 13.0 Å². The van der Waals surface area contributed by atoms with Gasteiger partial charge in [0.25, 0.3) is 0 Å². The van der Waals surface area contributed by atoms with E-state index in [1.54, 1.807) is 6.08 Å². The normalized spacial score (nSPS) is 25.3. The number of halogens is 2. The lowest BCUT2D eigenvalue weighted by molar-refractivity contribution is 0.654. The molecule has 0 aromatic rings. The van der Waals surface area contributed by atoms with Gasteiger partial charge in [-0.25, -0.2) is 4.39 Å². The number of rotatable bonds is 0. The summed E-state index contributed by atoms with van der Waals surface area (Å²) in [7, 11) is 0. The second kappa shape index (κ2) is 3.02. The second-order valence-corrected chi connectivity index (χ2v) is 2.74. The minimum atomic E-state index is -0.262. The number of hydrogen-bond donors (Lipinski definition) is 0. The van der Waals surface area contributed by atoms with Gasteiger partial charge >= 0.3 is 0 Å². The summed E-state index contributed by atoms with van der Waals surface area (Å²) < 4.78 is 12.6. The van der Waals surface area contributed by atoms with Gasteiger partial charge in [0.2, 0.25) is 0 Å². The van der Waals surface area contributed by atoms with Crippen molar-refractivity contribution in [1.29, 1.82) is 0 Å². The first-order valence-corrected chi connectivity index (χ1v) is 3.49. The summed E-state index contributed by atoms with van der Waals surface area (Å²) in [6.45, 7) is 1.90. The Bertz CT molecular complexity index is 213. The van der Waals surface area contributed by atoms with Crippen molar-refractivity contribution in [2.45, 2.75) is 6.92 Å². The Morgan fingerprint density at radius 1 is 1.60 bits per heavy atom. The van der Waals surface area contributed by atoms with Crippen molar-refractivity contribution in [1.82, 2.24) is 0 Å². The molecule has 0 radical (unpaired) electrons. The van der Waals surface area contributed by atoms with Crippen LogP contribution in [-0.2, 0) is 0 Å². The molecule has 1 aliphatic carbocycles. The molecule has 0 nitrogen and oxygen atoms in total. The lowest BCUT2D eigenvalue weighted by Gasteiger charge is -1.92. The van der Waals surface area contributed by atoms with E-state index in [0.717, 1.165) is 0 Å². The third-order valence-corrected chi connectivity index (χ3v) is 1.49. The summed E-state index contributed by atoms with van der Waals surface area (Å²) in [4.78, 5) is 0. The first kappa shape index (κ1) is 7.55. The molecule has 0 N–H and O–H groups in total. The largest absolute Gasteiger partial charge is 0.207 e. The molecule has 0 amide bonds. The minimum absolute atomic E-state index is 0.132. The maximum absolute atomic E-state index is 12.6. The molecule has 0 bridgehead atoms. The van der Waals surface area contributed by atoms with E-state index in [1.165, 1.54) is 12.2 Å². The van der Waals surface area contributed by atoms with Gasteiger partial charge in [-0.15, -0.1) is 0 Å². The molecule has 54 valence electrons. The van der Waals surface area contributed by atoms with Crippen molar-refractivity contribution >= 4 is 11.6 Å². The maximum atomic E-state index is 12.6. The molecule has 1 atom stereocenters. The lowest BCUT2D eigenvalue weighted by atomic mass is 10.1. The SMILES string of the molecule is CC1C=CC(Cl)=CC(F)=C1. The topological polar surface area (TPSA) is 0 Å². The quantitative estimate of drug-likeness (QED) is 0.508. The Hall–Kier alpha value is -0.560. The predicted octanol–water partition coefficient (Wildman–Crippen LogP) is 3.17. The first-order valence-electron chi connectivity index (χ1n) is 3.11. The zero-order valence-electron chi connectivity index (χ0n) is 5.64. The predicted molar refractivity (Wildman–Crippen MR) is 41.4 cm³/mol. The highest BCUT2D eigenvalue weighted by Crippen LogP contribution is 2.17. The Morgan fingerprint density at radius 2 is 2.30 bits per heavy atom. The van der Waals surface area contributed by atoms with Crippen molar-refractivity contribution < 1.29 is 4.39 Å². The van der Waals surface area contributed by atoms with Gasteiger partial charge in [0, 0.05) is 5.03 Å². The Morgan fingerprint density at radius 3 is 3.00 bits per heavy atom. The van der Waals surface area contributed by atoms with E-state index in [0.29, 0.717) is 5.03 Å². The monoisotopic (exact) mass is 158 g/mol. The Labute approximate surface area is 64.7 Å². The zero-order valence-corrected chi connectivity index (χ0v) is 6.40. The molecule has 0 aromatic heterocycles. The lowest BCUT2D eigenvalue weighted by Crippen LogP contribution is -1.80. The van der Waals surface area contributed by atoms with E-state index in [9.17, 15) is 4.39 Å². The average Bonchev–Trinajstić information content (AvgIpc) is 1.93. The van der Waals surface area contributed by atoms with Crippen LogP contribution in [0.15, 0.2) is 35.2 Å². The molecular formula is C8H8ClF. The van der Waals surface area contributed by atoms with Crippen molar-refractivity contribution in [2.24, 2.45) is 5.92 Å². The van der Waals surface area contributed by atoms with Crippen LogP contribution in [0.1, 0.15) is 6.92 Å². The third kappa shape index (κ3) is 1.99. The highest BCUT2D eigenvalue weighted by molar-refractivity contribution is 6.31. The van der Waals surface area contributed by atoms with Gasteiger partial charge in [-0.2, -0.15) is 0 Å². The summed E-state index contributed by atoms with van der Waals surface area (Å²) in [6.07, 6.45) is 6.38. The van der Waals surface area contributed by atoms with Crippen LogP contribution in [0.3, 0.4) is 0 Å². The van der Waals surface area contributed by atoms with Gasteiger partial charge in [0.15, 0.2) is 0 Å². The van der Waals surface area contributed by atoms with Crippen LogP contribution in [0.5, 0.6) is 0 Å². The van der Waals surface area contributed by atoms with Crippen molar-refractivity contribution in [3.63, 3.8) is 0 Å². The van der Waals surface area contributed by atoms with Crippen molar-refractivity contribution in [3.05, 3.63) is 35.2 Å². The summed E-state index contributed by atoms with van der Waals surface area (Å²) >= 11 is 5.57.